The molecular formula is C21H17Cl2NOS. The minimum atomic E-state index is -0.256. The Kier molecular flexibility index (Phi) is 6.25. The molecule has 5 heteroatoms. The zero-order valence-electron chi connectivity index (χ0n) is 14.1. The predicted octanol–water partition coefficient (Wildman–Crippen LogP) is 6.85. The molecule has 0 atom stereocenters. The number of amides is 1. The largest absolute Gasteiger partial charge is 0.322 e. The monoisotopic (exact) mass is 401 g/mol. The summed E-state index contributed by atoms with van der Waals surface area (Å²) >= 11 is 13.7. The molecule has 0 saturated carbocycles. The molecule has 0 aliphatic carbocycles. The number of carbonyl (C=O) groups is 1. The first-order valence-corrected chi connectivity index (χ1v) is 9.80. The van der Waals surface area contributed by atoms with Gasteiger partial charge in [-0.3, -0.25) is 4.79 Å². The van der Waals surface area contributed by atoms with Gasteiger partial charge in [-0.25, -0.2) is 0 Å². The summed E-state index contributed by atoms with van der Waals surface area (Å²) in [7, 11) is 0. The van der Waals surface area contributed by atoms with E-state index in [1.165, 1.54) is 16.0 Å². The highest BCUT2D eigenvalue weighted by atomic mass is 35.5. The minimum Gasteiger partial charge on any atom is -0.322 e. The van der Waals surface area contributed by atoms with Crippen LogP contribution in [0.4, 0.5) is 5.69 Å². The Balaban J connectivity index is 1.60. The Labute approximate surface area is 167 Å². The number of hydrogen-bond donors (Lipinski definition) is 1. The van der Waals surface area contributed by atoms with Gasteiger partial charge in [0, 0.05) is 21.4 Å². The van der Waals surface area contributed by atoms with Crippen LogP contribution in [0.1, 0.15) is 21.5 Å². The first-order chi connectivity index (χ1) is 12.5. The summed E-state index contributed by atoms with van der Waals surface area (Å²) in [5.41, 5.74) is 3.58. The van der Waals surface area contributed by atoms with Gasteiger partial charge in [0.2, 0.25) is 0 Å². The number of thioether (sulfide) groups is 1. The maximum absolute atomic E-state index is 12.3. The molecule has 0 saturated heterocycles. The van der Waals surface area contributed by atoms with Crippen molar-refractivity contribution in [2.45, 2.75) is 17.6 Å². The molecule has 1 amide bonds. The number of anilines is 1. The van der Waals surface area contributed by atoms with Gasteiger partial charge in [-0.2, -0.15) is 0 Å². The summed E-state index contributed by atoms with van der Waals surface area (Å²) in [6.07, 6.45) is 0. The maximum Gasteiger partial charge on any atom is 0.257 e. The van der Waals surface area contributed by atoms with Gasteiger partial charge in [0.1, 0.15) is 0 Å². The molecule has 0 heterocycles. The first-order valence-electron chi connectivity index (χ1n) is 8.06. The minimum absolute atomic E-state index is 0.256. The predicted molar refractivity (Wildman–Crippen MR) is 112 cm³/mol. The lowest BCUT2D eigenvalue weighted by molar-refractivity contribution is 0.102. The second-order valence-corrected chi connectivity index (χ2v) is 7.77. The smallest absolute Gasteiger partial charge is 0.257 e. The molecule has 1 N–H and O–H groups in total. The van der Waals surface area contributed by atoms with E-state index >= 15 is 0 Å². The van der Waals surface area contributed by atoms with Gasteiger partial charge in [0.05, 0.1) is 10.6 Å². The molecule has 3 aromatic carbocycles. The Morgan fingerprint density at radius 2 is 1.65 bits per heavy atom. The van der Waals surface area contributed by atoms with Crippen molar-refractivity contribution in [2.24, 2.45) is 0 Å². The Morgan fingerprint density at radius 1 is 0.962 bits per heavy atom. The van der Waals surface area contributed by atoms with Crippen molar-refractivity contribution < 1.29 is 4.79 Å². The molecule has 0 unspecified atom stereocenters. The fraction of sp³-hybridized carbons (Fsp3) is 0.0952. The molecule has 3 rings (SSSR count). The lowest BCUT2D eigenvalue weighted by Crippen LogP contribution is -2.12. The van der Waals surface area contributed by atoms with E-state index in [0.717, 1.165) is 11.4 Å². The molecule has 3 aromatic rings. The highest BCUT2D eigenvalue weighted by molar-refractivity contribution is 7.98. The fourth-order valence-corrected chi connectivity index (χ4v) is 3.71. The maximum atomic E-state index is 12.3. The van der Waals surface area contributed by atoms with E-state index in [0.29, 0.717) is 15.6 Å². The first kappa shape index (κ1) is 18.8. The van der Waals surface area contributed by atoms with Crippen LogP contribution in [0, 0.1) is 6.92 Å². The highest BCUT2D eigenvalue weighted by Crippen LogP contribution is 2.25. The molecule has 132 valence electrons. The summed E-state index contributed by atoms with van der Waals surface area (Å²) in [6, 6.07) is 21.1. The molecule has 26 heavy (non-hydrogen) atoms. The second-order valence-electron chi connectivity index (χ2n) is 5.88. The van der Waals surface area contributed by atoms with Gasteiger partial charge < -0.3 is 5.32 Å². The van der Waals surface area contributed by atoms with Gasteiger partial charge in [0.25, 0.3) is 5.91 Å². The van der Waals surface area contributed by atoms with Crippen LogP contribution in [-0.2, 0) is 5.75 Å². The second kappa shape index (κ2) is 8.63. The van der Waals surface area contributed by atoms with Crippen LogP contribution in [-0.4, -0.2) is 5.91 Å². The van der Waals surface area contributed by atoms with Crippen molar-refractivity contribution in [3.8, 4) is 0 Å². The van der Waals surface area contributed by atoms with Crippen LogP contribution in [0.25, 0.3) is 0 Å². The lowest BCUT2D eigenvalue weighted by atomic mass is 10.2. The van der Waals surface area contributed by atoms with E-state index in [2.05, 4.69) is 36.5 Å². The Morgan fingerprint density at radius 3 is 2.31 bits per heavy atom. The van der Waals surface area contributed by atoms with E-state index in [1.807, 2.05) is 24.3 Å². The zero-order valence-corrected chi connectivity index (χ0v) is 16.5. The van der Waals surface area contributed by atoms with Crippen molar-refractivity contribution in [2.75, 3.05) is 5.32 Å². The average molecular weight is 402 g/mol. The van der Waals surface area contributed by atoms with Crippen LogP contribution in [0.3, 0.4) is 0 Å². The molecule has 0 radical (unpaired) electrons. The van der Waals surface area contributed by atoms with Crippen molar-refractivity contribution in [1.29, 1.82) is 0 Å². The molecule has 0 aliphatic rings. The molecule has 0 aromatic heterocycles. The highest BCUT2D eigenvalue weighted by Gasteiger charge is 2.11. The van der Waals surface area contributed by atoms with Gasteiger partial charge >= 0.3 is 0 Å². The standard InChI is InChI=1S/C21H17Cl2NOS/c1-14-2-9-18(10-3-14)26-13-15-4-7-17(8-5-15)24-21(25)19-11-6-16(22)12-20(19)23/h2-12H,13H2,1H3,(H,24,25). The Hall–Kier alpha value is -1.94. The van der Waals surface area contributed by atoms with Crippen molar-refractivity contribution >= 4 is 46.6 Å². The number of nitrogens with one attached hydrogen (secondary N) is 1. The Bertz CT molecular complexity index is 908. The van der Waals surface area contributed by atoms with E-state index in [4.69, 9.17) is 23.2 Å². The molecule has 0 fully saturated rings. The fourth-order valence-electron chi connectivity index (χ4n) is 2.36. The number of halogens is 2. The van der Waals surface area contributed by atoms with Crippen LogP contribution in [0.2, 0.25) is 10.0 Å². The molecule has 2 nitrogen and oxygen atoms in total. The number of benzene rings is 3. The molecule has 0 bridgehead atoms. The number of rotatable bonds is 5. The zero-order chi connectivity index (χ0) is 18.5. The quantitative estimate of drug-likeness (QED) is 0.473. The summed E-state index contributed by atoms with van der Waals surface area (Å²) in [4.78, 5) is 13.6. The topological polar surface area (TPSA) is 29.1 Å². The van der Waals surface area contributed by atoms with Crippen LogP contribution in [0.5, 0.6) is 0 Å². The summed E-state index contributed by atoms with van der Waals surface area (Å²) in [6.45, 7) is 2.08. The third-order valence-corrected chi connectivity index (χ3v) is 5.45. The van der Waals surface area contributed by atoms with Gasteiger partial charge in [-0.15, -0.1) is 11.8 Å². The van der Waals surface area contributed by atoms with Crippen LogP contribution in [0.15, 0.2) is 71.6 Å². The van der Waals surface area contributed by atoms with E-state index in [-0.39, 0.29) is 5.91 Å². The average Bonchev–Trinajstić information content (AvgIpc) is 2.62. The van der Waals surface area contributed by atoms with Gasteiger partial charge in [0.15, 0.2) is 0 Å². The molecule has 0 spiro atoms. The third-order valence-electron chi connectivity index (χ3n) is 3.81. The van der Waals surface area contributed by atoms with Gasteiger partial charge in [-0.1, -0.05) is 53.0 Å². The van der Waals surface area contributed by atoms with Crippen molar-refractivity contribution in [3.63, 3.8) is 0 Å². The number of hydrogen-bond acceptors (Lipinski definition) is 2. The third kappa shape index (κ3) is 5.04. The summed E-state index contributed by atoms with van der Waals surface area (Å²) in [5, 5.41) is 3.69. The number of carbonyl (C=O) groups excluding carboxylic acids is 1. The van der Waals surface area contributed by atoms with E-state index in [1.54, 1.807) is 30.0 Å². The number of aryl methyl sites for hydroxylation is 1. The van der Waals surface area contributed by atoms with E-state index in [9.17, 15) is 4.79 Å². The van der Waals surface area contributed by atoms with Gasteiger partial charge in [-0.05, 0) is 55.0 Å². The summed E-state index contributed by atoms with van der Waals surface area (Å²) in [5.74, 6) is 0.619. The van der Waals surface area contributed by atoms with Crippen LogP contribution >= 0.6 is 35.0 Å². The van der Waals surface area contributed by atoms with Crippen molar-refractivity contribution in [1.82, 2.24) is 0 Å². The summed E-state index contributed by atoms with van der Waals surface area (Å²) < 4.78 is 0. The van der Waals surface area contributed by atoms with E-state index < -0.39 is 0 Å². The molecule has 0 aliphatic heterocycles. The van der Waals surface area contributed by atoms with Crippen LogP contribution < -0.4 is 5.32 Å². The molecular weight excluding hydrogens is 385 g/mol. The normalized spacial score (nSPS) is 10.6. The lowest BCUT2D eigenvalue weighted by Gasteiger charge is -2.08. The van der Waals surface area contributed by atoms with Crippen molar-refractivity contribution in [3.05, 3.63) is 93.5 Å². The SMILES string of the molecule is Cc1ccc(SCc2ccc(NC(=O)c3ccc(Cl)cc3Cl)cc2)cc1.